The van der Waals surface area contributed by atoms with Crippen LogP contribution in [0.15, 0.2) is 17.5 Å². The zero-order valence-electron chi connectivity index (χ0n) is 11.7. The fraction of sp³-hybridized carbons (Fsp3) is 0.714. The average Bonchev–Trinajstić information content (AvgIpc) is 2.80. The fourth-order valence-electron chi connectivity index (χ4n) is 2.82. The van der Waals surface area contributed by atoms with Gasteiger partial charge in [-0.3, -0.25) is 0 Å². The summed E-state index contributed by atoms with van der Waals surface area (Å²) in [5.41, 5.74) is 0. The smallest absolute Gasteiger partial charge is 0.0376 e. The first kappa shape index (κ1) is 14.0. The molecule has 1 aromatic heterocycles. The van der Waals surface area contributed by atoms with Crippen LogP contribution in [0, 0.1) is 0 Å². The SMILES string of the molecule is CNC(Cc1cccs1)C1CN(C)CCCN1C. The van der Waals surface area contributed by atoms with Crippen LogP contribution >= 0.6 is 11.3 Å². The number of hydrogen-bond donors (Lipinski definition) is 1. The van der Waals surface area contributed by atoms with E-state index in [1.165, 1.54) is 24.4 Å². The maximum absolute atomic E-state index is 3.53. The van der Waals surface area contributed by atoms with Gasteiger partial charge in [0.05, 0.1) is 0 Å². The molecule has 0 saturated carbocycles. The molecule has 4 heteroatoms. The highest BCUT2D eigenvalue weighted by Gasteiger charge is 2.27. The van der Waals surface area contributed by atoms with Crippen LogP contribution in [0.5, 0.6) is 0 Å². The molecule has 1 saturated heterocycles. The van der Waals surface area contributed by atoms with Crippen molar-refractivity contribution >= 4 is 11.3 Å². The summed E-state index contributed by atoms with van der Waals surface area (Å²) in [6, 6.07) is 5.53. The lowest BCUT2D eigenvalue weighted by Crippen LogP contribution is -2.52. The van der Waals surface area contributed by atoms with E-state index in [0.29, 0.717) is 12.1 Å². The van der Waals surface area contributed by atoms with Gasteiger partial charge in [0.1, 0.15) is 0 Å². The van der Waals surface area contributed by atoms with E-state index in [1.54, 1.807) is 0 Å². The number of rotatable bonds is 4. The molecule has 1 aromatic rings. The molecule has 3 nitrogen and oxygen atoms in total. The Kier molecular flexibility index (Phi) is 5.18. The second-order valence-corrected chi connectivity index (χ2v) is 6.37. The Balaban J connectivity index is 2.04. The van der Waals surface area contributed by atoms with Crippen LogP contribution in [0.4, 0.5) is 0 Å². The topological polar surface area (TPSA) is 18.5 Å². The number of thiophene rings is 1. The van der Waals surface area contributed by atoms with E-state index >= 15 is 0 Å². The van der Waals surface area contributed by atoms with Crippen molar-refractivity contribution in [1.82, 2.24) is 15.1 Å². The Labute approximate surface area is 115 Å². The summed E-state index contributed by atoms with van der Waals surface area (Å²) in [5, 5.41) is 5.70. The van der Waals surface area contributed by atoms with Crippen molar-refractivity contribution in [1.29, 1.82) is 0 Å². The highest BCUT2D eigenvalue weighted by atomic mass is 32.1. The molecule has 1 N–H and O–H groups in total. The van der Waals surface area contributed by atoms with Gasteiger partial charge in [0, 0.05) is 23.5 Å². The average molecular weight is 267 g/mol. The van der Waals surface area contributed by atoms with Crippen molar-refractivity contribution in [2.24, 2.45) is 0 Å². The summed E-state index contributed by atoms with van der Waals surface area (Å²) in [6.07, 6.45) is 2.41. The van der Waals surface area contributed by atoms with Gasteiger partial charge in [-0.1, -0.05) is 6.07 Å². The molecule has 0 amide bonds. The summed E-state index contributed by atoms with van der Waals surface area (Å²) in [4.78, 5) is 6.47. The Bertz CT molecular complexity index is 339. The molecule has 2 unspecified atom stereocenters. The molecular weight excluding hydrogens is 242 g/mol. The Morgan fingerprint density at radius 1 is 1.44 bits per heavy atom. The molecule has 2 heterocycles. The van der Waals surface area contributed by atoms with E-state index in [2.05, 4.69) is 53.8 Å². The first-order valence-electron chi connectivity index (χ1n) is 6.79. The zero-order valence-corrected chi connectivity index (χ0v) is 12.5. The van der Waals surface area contributed by atoms with Crippen LogP contribution in [0.1, 0.15) is 11.3 Å². The minimum absolute atomic E-state index is 0.536. The van der Waals surface area contributed by atoms with Crippen molar-refractivity contribution in [3.63, 3.8) is 0 Å². The van der Waals surface area contributed by atoms with Crippen LogP contribution < -0.4 is 5.32 Å². The van der Waals surface area contributed by atoms with E-state index in [0.717, 1.165) is 13.0 Å². The lowest BCUT2D eigenvalue weighted by atomic mass is 10.0. The van der Waals surface area contributed by atoms with Gasteiger partial charge >= 0.3 is 0 Å². The lowest BCUT2D eigenvalue weighted by molar-refractivity contribution is 0.181. The summed E-state index contributed by atoms with van der Waals surface area (Å²) < 4.78 is 0. The number of hydrogen-bond acceptors (Lipinski definition) is 4. The summed E-state index contributed by atoms with van der Waals surface area (Å²) in [7, 11) is 6.60. The highest BCUT2D eigenvalue weighted by Crippen LogP contribution is 2.17. The van der Waals surface area contributed by atoms with E-state index < -0.39 is 0 Å². The predicted octanol–water partition coefficient (Wildman–Crippen LogP) is 1.51. The monoisotopic (exact) mass is 267 g/mol. The second-order valence-electron chi connectivity index (χ2n) is 5.34. The first-order valence-corrected chi connectivity index (χ1v) is 7.67. The largest absolute Gasteiger partial charge is 0.315 e. The van der Waals surface area contributed by atoms with Gasteiger partial charge in [-0.2, -0.15) is 0 Å². The van der Waals surface area contributed by atoms with Gasteiger partial charge in [-0.15, -0.1) is 11.3 Å². The van der Waals surface area contributed by atoms with Gasteiger partial charge in [0.2, 0.25) is 0 Å². The van der Waals surface area contributed by atoms with Crippen molar-refractivity contribution in [3.8, 4) is 0 Å². The molecule has 1 aliphatic rings. The van der Waals surface area contributed by atoms with Crippen LogP contribution in [0.25, 0.3) is 0 Å². The third-order valence-corrected chi connectivity index (χ3v) is 4.85. The molecule has 0 spiro atoms. The number of likely N-dealkylation sites (N-methyl/N-ethyl adjacent to an activating group) is 3. The van der Waals surface area contributed by atoms with Crippen molar-refractivity contribution in [2.75, 3.05) is 40.8 Å². The second kappa shape index (κ2) is 6.66. The van der Waals surface area contributed by atoms with Crippen LogP contribution in [0.2, 0.25) is 0 Å². The maximum atomic E-state index is 3.53. The highest BCUT2D eigenvalue weighted by molar-refractivity contribution is 7.09. The van der Waals surface area contributed by atoms with Crippen molar-refractivity contribution < 1.29 is 0 Å². The Hall–Kier alpha value is -0.420. The molecule has 0 aromatic carbocycles. The van der Waals surface area contributed by atoms with Crippen molar-refractivity contribution in [2.45, 2.75) is 24.9 Å². The molecule has 0 radical (unpaired) electrons. The predicted molar refractivity (Wildman–Crippen MR) is 79.4 cm³/mol. The van der Waals surface area contributed by atoms with Gasteiger partial charge in [0.15, 0.2) is 0 Å². The summed E-state index contributed by atoms with van der Waals surface area (Å²) in [5.74, 6) is 0. The maximum Gasteiger partial charge on any atom is 0.0376 e. The van der Waals surface area contributed by atoms with E-state index in [-0.39, 0.29) is 0 Å². The lowest BCUT2D eigenvalue weighted by Gasteiger charge is -2.34. The molecule has 18 heavy (non-hydrogen) atoms. The number of nitrogens with zero attached hydrogens (tertiary/aromatic N) is 2. The summed E-state index contributed by atoms with van der Waals surface area (Å²) >= 11 is 1.87. The number of nitrogens with one attached hydrogen (secondary N) is 1. The molecule has 0 aliphatic carbocycles. The normalized spacial score (nSPS) is 24.9. The third-order valence-electron chi connectivity index (χ3n) is 3.95. The standard InChI is InChI=1S/C14H25N3S/c1-15-13(10-12-6-4-9-18-12)14-11-16(2)7-5-8-17(14)3/h4,6,9,13-15H,5,7-8,10-11H2,1-3H3. The minimum Gasteiger partial charge on any atom is -0.315 e. The quantitative estimate of drug-likeness (QED) is 0.892. The molecule has 0 bridgehead atoms. The Morgan fingerprint density at radius 2 is 2.28 bits per heavy atom. The fourth-order valence-corrected chi connectivity index (χ4v) is 3.58. The molecule has 2 atom stereocenters. The van der Waals surface area contributed by atoms with Gasteiger partial charge in [-0.25, -0.2) is 0 Å². The molecule has 1 fully saturated rings. The van der Waals surface area contributed by atoms with Crippen LogP contribution in [-0.2, 0) is 6.42 Å². The van der Waals surface area contributed by atoms with E-state index in [9.17, 15) is 0 Å². The minimum atomic E-state index is 0.536. The van der Waals surface area contributed by atoms with E-state index in [4.69, 9.17) is 0 Å². The molecule has 2 rings (SSSR count). The molecule has 1 aliphatic heterocycles. The zero-order chi connectivity index (χ0) is 13.0. The van der Waals surface area contributed by atoms with Crippen LogP contribution in [-0.4, -0.2) is 62.7 Å². The first-order chi connectivity index (χ1) is 8.70. The third kappa shape index (κ3) is 3.54. The molecule has 102 valence electrons. The van der Waals surface area contributed by atoms with Crippen LogP contribution in [0.3, 0.4) is 0 Å². The Morgan fingerprint density at radius 3 is 2.94 bits per heavy atom. The van der Waals surface area contributed by atoms with Crippen molar-refractivity contribution in [3.05, 3.63) is 22.4 Å². The van der Waals surface area contributed by atoms with E-state index in [1.807, 2.05) is 11.3 Å². The van der Waals surface area contributed by atoms with Gasteiger partial charge < -0.3 is 15.1 Å². The summed E-state index contributed by atoms with van der Waals surface area (Å²) in [6.45, 7) is 3.58. The van der Waals surface area contributed by atoms with Gasteiger partial charge in [0.25, 0.3) is 0 Å². The molecular formula is C14H25N3S. The van der Waals surface area contributed by atoms with Gasteiger partial charge in [-0.05, 0) is 58.5 Å².